The van der Waals surface area contributed by atoms with Crippen LogP contribution in [0.1, 0.15) is 5.69 Å². The molecule has 1 aromatic heterocycles. The van der Waals surface area contributed by atoms with Gasteiger partial charge in [0.25, 0.3) is 0 Å². The monoisotopic (exact) mass is 305 g/mol. The molecule has 2 aromatic rings. The highest BCUT2D eigenvalue weighted by atomic mass is 79.9. The molecule has 0 atom stereocenters. The van der Waals surface area contributed by atoms with E-state index >= 15 is 0 Å². The van der Waals surface area contributed by atoms with Gasteiger partial charge < -0.3 is 9.15 Å². The summed E-state index contributed by atoms with van der Waals surface area (Å²) >= 11 is 8.73. The molecule has 0 aliphatic rings. The van der Waals surface area contributed by atoms with Gasteiger partial charge in [0.1, 0.15) is 17.8 Å². The summed E-state index contributed by atoms with van der Waals surface area (Å²) in [6.07, 6.45) is 1.47. The fourth-order valence-corrected chi connectivity index (χ4v) is 1.60. The fraction of sp³-hybridized carbons (Fsp3) is 0.100. The van der Waals surface area contributed by atoms with Crippen LogP contribution in [0.4, 0.5) is 4.39 Å². The van der Waals surface area contributed by atoms with Crippen molar-refractivity contribution in [3.8, 4) is 11.8 Å². The molecule has 0 unspecified atom stereocenters. The second-order valence-corrected chi connectivity index (χ2v) is 4.04. The first-order chi connectivity index (χ1) is 7.69. The Bertz CT molecular complexity index is 503. The normalized spacial score (nSPS) is 10.4. The zero-order valence-corrected chi connectivity index (χ0v) is 10.3. The first-order valence-electron chi connectivity index (χ1n) is 4.32. The predicted octanol–water partition coefficient (Wildman–Crippen LogP) is 4.11. The van der Waals surface area contributed by atoms with E-state index in [9.17, 15) is 4.39 Å². The number of aromatic nitrogens is 1. The van der Waals surface area contributed by atoms with Crippen LogP contribution in [0, 0.1) is 5.82 Å². The SMILES string of the molecule is Fc1ccc(Oc2nc(CCl)co2)c(Br)c1. The molecule has 0 aliphatic heterocycles. The Morgan fingerprint density at radius 2 is 2.31 bits per heavy atom. The van der Waals surface area contributed by atoms with Crippen LogP contribution in [0.15, 0.2) is 33.4 Å². The third-order valence-electron chi connectivity index (χ3n) is 1.76. The van der Waals surface area contributed by atoms with E-state index in [1.165, 1.54) is 24.5 Å². The van der Waals surface area contributed by atoms with E-state index in [1.54, 1.807) is 0 Å². The van der Waals surface area contributed by atoms with E-state index < -0.39 is 0 Å². The van der Waals surface area contributed by atoms with Crippen LogP contribution in [0.5, 0.6) is 11.8 Å². The molecule has 0 radical (unpaired) electrons. The van der Waals surface area contributed by atoms with Crippen molar-refractivity contribution >= 4 is 27.5 Å². The first kappa shape index (κ1) is 11.4. The van der Waals surface area contributed by atoms with Crippen molar-refractivity contribution in [2.45, 2.75) is 5.88 Å². The molecule has 1 heterocycles. The summed E-state index contributed by atoms with van der Waals surface area (Å²) in [6, 6.07) is 4.05. The lowest BCUT2D eigenvalue weighted by Gasteiger charge is -2.02. The topological polar surface area (TPSA) is 35.3 Å². The summed E-state index contributed by atoms with van der Waals surface area (Å²) in [5.41, 5.74) is 0.579. The van der Waals surface area contributed by atoms with Gasteiger partial charge in [0, 0.05) is 0 Å². The van der Waals surface area contributed by atoms with Crippen LogP contribution in [0.25, 0.3) is 0 Å². The standard InChI is InChI=1S/C10H6BrClFNO2/c11-8-3-6(13)1-2-9(8)16-10-14-7(4-12)5-15-10/h1-3,5H,4H2. The zero-order chi connectivity index (χ0) is 11.5. The molecule has 1 aromatic carbocycles. The quantitative estimate of drug-likeness (QED) is 0.801. The molecule has 0 fully saturated rings. The maximum Gasteiger partial charge on any atom is 0.399 e. The zero-order valence-electron chi connectivity index (χ0n) is 7.91. The minimum absolute atomic E-state index is 0.0722. The minimum Gasteiger partial charge on any atom is -0.417 e. The molecule has 0 N–H and O–H groups in total. The number of nitrogens with zero attached hydrogens (tertiary/aromatic N) is 1. The molecule has 2 rings (SSSR count). The summed E-state index contributed by atoms with van der Waals surface area (Å²) in [5.74, 6) is 0.315. The number of oxazole rings is 1. The molecule has 0 aliphatic carbocycles. The van der Waals surface area contributed by atoms with Crippen molar-refractivity contribution < 1.29 is 13.5 Å². The molecule has 0 saturated carbocycles. The van der Waals surface area contributed by atoms with Crippen LogP contribution in [-0.4, -0.2) is 4.98 Å². The van der Waals surface area contributed by atoms with Crippen molar-refractivity contribution in [2.24, 2.45) is 0 Å². The Labute approximate surface area is 104 Å². The summed E-state index contributed by atoms with van der Waals surface area (Å²) in [6.45, 7) is 0. The van der Waals surface area contributed by atoms with Gasteiger partial charge in [-0.3, -0.25) is 0 Å². The summed E-state index contributed by atoms with van der Waals surface area (Å²) in [4.78, 5) is 3.95. The van der Waals surface area contributed by atoms with Crippen molar-refractivity contribution in [1.82, 2.24) is 4.98 Å². The van der Waals surface area contributed by atoms with E-state index in [0.717, 1.165) is 0 Å². The highest BCUT2D eigenvalue weighted by molar-refractivity contribution is 9.10. The third-order valence-corrected chi connectivity index (χ3v) is 2.65. The largest absolute Gasteiger partial charge is 0.417 e. The van der Waals surface area contributed by atoms with Gasteiger partial charge in [-0.15, -0.1) is 11.6 Å². The van der Waals surface area contributed by atoms with Gasteiger partial charge in [0.05, 0.1) is 16.0 Å². The number of alkyl halides is 1. The highest BCUT2D eigenvalue weighted by Gasteiger charge is 2.08. The maximum atomic E-state index is 12.8. The van der Waals surface area contributed by atoms with E-state index in [-0.39, 0.29) is 17.8 Å². The molecular formula is C10H6BrClFNO2. The predicted molar refractivity (Wildman–Crippen MR) is 60.2 cm³/mol. The number of ether oxygens (including phenoxy) is 1. The molecule has 3 nitrogen and oxygen atoms in total. The molecule has 84 valence electrons. The second-order valence-electron chi connectivity index (χ2n) is 2.92. The molecule has 16 heavy (non-hydrogen) atoms. The van der Waals surface area contributed by atoms with Gasteiger partial charge in [-0.05, 0) is 34.1 Å². The number of hydrogen-bond acceptors (Lipinski definition) is 3. The van der Waals surface area contributed by atoms with Crippen molar-refractivity contribution in [2.75, 3.05) is 0 Å². The lowest BCUT2D eigenvalue weighted by atomic mass is 10.3. The third kappa shape index (κ3) is 2.54. The Morgan fingerprint density at radius 1 is 1.50 bits per heavy atom. The maximum absolute atomic E-state index is 12.8. The smallest absolute Gasteiger partial charge is 0.399 e. The Hall–Kier alpha value is -1.07. The van der Waals surface area contributed by atoms with Gasteiger partial charge in [-0.2, -0.15) is 4.98 Å². The number of halogens is 3. The lowest BCUT2D eigenvalue weighted by Crippen LogP contribution is -1.87. The van der Waals surface area contributed by atoms with Gasteiger partial charge >= 0.3 is 6.08 Å². The van der Waals surface area contributed by atoms with E-state index in [4.69, 9.17) is 20.8 Å². The van der Waals surface area contributed by atoms with Crippen LogP contribution in [-0.2, 0) is 5.88 Å². The summed E-state index contributed by atoms with van der Waals surface area (Å²) < 4.78 is 23.6. The molecule has 6 heteroatoms. The average Bonchev–Trinajstić information content (AvgIpc) is 2.70. The van der Waals surface area contributed by atoms with Gasteiger partial charge in [-0.25, -0.2) is 4.39 Å². The van der Waals surface area contributed by atoms with E-state index in [2.05, 4.69) is 20.9 Å². The molecule has 0 spiro atoms. The first-order valence-corrected chi connectivity index (χ1v) is 5.65. The van der Waals surface area contributed by atoms with Crippen molar-refractivity contribution in [3.05, 3.63) is 40.4 Å². The Balaban J connectivity index is 2.20. The van der Waals surface area contributed by atoms with Gasteiger partial charge in [0.2, 0.25) is 0 Å². The molecular weight excluding hydrogens is 300 g/mol. The lowest BCUT2D eigenvalue weighted by molar-refractivity contribution is 0.329. The Kier molecular flexibility index (Phi) is 3.46. The number of benzene rings is 1. The minimum atomic E-state index is -0.354. The number of rotatable bonds is 3. The van der Waals surface area contributed by atoms with E-state index in [1.807, 2.05) is 0 Å². The second kappa shape index (κ2) is 4.84. The number of hydrogen-bond donors (Lipinski definition) is 0. The van der Waals surface area contributed by atoms with Crippen molar-refractivity contribution in [3.63, 3.8) is 0 Å². The summed E-state index contributed by atoms with van der Waals surface area (Å²) in [5, 5.41) is 0. The molecule has 0 amide bonds. The van der Waals surface area contributed by atoms with Gasteiger partial charge in [0.15, 0.2) is 0 Å². The molecule has 0 saturated heterocycles. The average molecular weight is 307 g/mol. The van der Waals surface area contributed by atoms with Crippen LogP contribution in [0.2, 0.25) is 0 Å². The molecule has 0 bridgehead atoms. The van der Waals surface area contributed by atoms with Crippen LogP contribution >= 0.6 is 27.5 Å². The Morgan fingerprint density at radius 3 is 2.94 bits per heavy atom. The van der Waals surface area contributed by atoms with Crippen LogP contribution < -0.4 is 4.74 Å². The van der Waals surface area contributed by atoms with Gasteiger partial charge in [-0.1, -0.05) is 0 Å². The highest BCUT2D eigenvalue weighted by Crippen LogP contribution is 2.29. The summed E-state index contributed by atoms with van der Waals surface area (Å²) in [7, 11) is 0. The van der Waals surface area contributed by atoms with Crippen LogP contribution in [0.3, 0.4) is 0 Å². The fourth-order valence-electron chi connectivity index (χ4n) is 1.05. The van der Waals surface area contributed by atoms with Crippen molar-refractivity contribution in [1.29, 1.82) is 0 Å². The van der Waals surface area contributed by atoms with E-state index in [0.29, 0.717) is 15.9 Å².